The fraction of sp³-hybridized carbons (Fsp3) is 0.588. The molecule has 1 aromatic rings. The molecule has 1 heterocycles. The van der Waals surface area contributed by atoms with Crippen molar-refractivity contribution in [3.05, 3.63) is 28.8 Å². The minimum absolute atomic E-state index is 0.151. The summed E-state index contributed by atoms with van der Waals surface area (Å²) in [5.41, 5.74) is 0.675. The van der Waals surface area contributed by atoms with Gasteiger partial charge in [0.1, 0.15) is 5.75 Å². The Morgan fingerprint density at radius 1 is 1.48 bits per heavy atom. The minimum Gasteiger partial charge on any atom is -0.492 e. The van der Waals surface area contributed by atoms with E-state index in [1.807, 2.05) is 6.92 Å². The SMILES string of the molecule is CCOc1ccc(C(=O)CCN2CCCC(C)C2)cc1Cl. The minimum atomic E-state index is 0.151. The molecule has 1 saturated heterocycles. The Morgan fingerprint density at radius 2 is 2.29 bits per heavy atom. The van der Waals surface area contributed by atoms with E-state index in [-0.39, 0.29) is 5.78 Å². The van der Waals surface area contributed by atoms with Gasteiger partial charge in [0.05, 0.1) is 11.6 Å². The van der Waals surface area contributed by atoms with Gasteiger partial charge in [-0.15, -0.1) is 0 Å². The smallest absolute Gasteiger partial charge is 0.164 e. The highest BCUT2D eigenvalue weighted by Crippen LogP contribution is 2.26. The molecule has 0 N–H and O–H groups in total. The van der Waals surface area contributed by atoms with Crippen LogP contribution in [0.4, 0.5) is 0 Å². The van der Waals surface area contributed by atoms with Gasteiger partial charge in [-0.1, -0.05) is 18.5 Å². The van der Waals surface area contributed by atoms with E-state index in [1.54, 1.807) is 18.2 Å². The summed E-state index contributed by atoms with van der Waals surface area (Å²) >= 11 is 6.13. The Bertz CT molecular complexity index is 490. The fourth-order valence-corrected chi connectivity index (χ4v) is 3.08. The van der Waals surface area contributed by atoms with Crippen molar-refractivity contribution in [2.75, 3.05) is 26.2 Å². The largest absolute Gasteiger partial charge is 0.492 e. The molecular weight excluding hydrogens is 286 g/mol. The number of rotatable bonds is 6. The zero-order valence-corrected chi connectivity index (χ0v) is 13.7. The van der Waals surface area contributed by atoms with Crippen LogP contribution >= 0.6 is 11.6 Å². The molecule has 1 aliphatic rings. The summed E-state index contributed by atoms with van der Waals surface area (Å²) in [6.07, 6.45) is 3.10. The molecular formula is C17H24ClNO2. The molecule has 1 aliphatic heterocycles. The van der Waals surface area contributed by atoms with E-state index in [1.165, 1.54) is 12.8 Å². The van der Waals surface area contributed by atoms with Gasteiger partial charge in [0.25, 0.3) is 0 Å². The summed E-state index contributed by atoms with van der Waals surface area (Å²) < 4.78 is 5.39. The third kappa shape index (κ3) is 4.72. The molecule has 0 amide bonds. The lowest BCUT2D eigenvalue weighted by Gasteiger charge is -2.30. The van der Waals surface area contributed by atoms with Gasteiger partial charge in [-0.25, -0.2) is 0 Å². The average Bonchev–Trinajstić information content (AvgIpc) is 2.47. The number of hydrogen-bond donors (Lipinski definition) is 0. The first-order valence-corrected chi connectivity index (χ1v) is 8.16. The van der Waals surface area contributed by atoms with Crippen LogP contribution in [0.2, 0.25) is 5.02 Å². The number of piperidine rings is 1. The maximum absolute atomic E-state index is 12.3. The number of hydrogen-bond acceptors (Lipinski definition) is 3. The van der Waals surface area contributed by atoms with Crippen molar-refractivity contribution in [3.63, 3.8) is 0 Å². The number of likely N-dealkylation sites (tertiary alicyclic amines) is 1. The summed E-state index contributed by atoms with van der Waals surface area (Å²) in [7, 11) is 0. The molecule has 0 aromatic heterocycles. The van der Waals surface area contributed by atoms with Crippen molar-refractivity contribution in [1.82, 2.24) is 4.90 Å². The predicted molar refractivity (Wildman–Crippen MR) is 86.4 cm³/mol. The van der Waals surface area contributed by atoms with Crippen LogP contribution in [0, 0.1) is 5.92 Å². The summed E-state index contributed by atoms with van der Waals surface area (Å²) in [6, 6.07) is 5.30. The van der Waals surface area contributed by atoms with Gasteiger partial charge in [0.2, 0.25) is 0 Å². The normalized spacial score (nSPS) is 19.5. The molecule has 116 valence electrons. The van der Waals surface area contributed by atoms with Crippen molar-refractivity contribution >= 4 is 17.4 Å². The molecule has 1 aromatic carbocycles. The van der Waals surface area contributed by atoms with Gasteiger partial charge < -0.3 is 9.64 Å². The molecule has 0 saturated carbocycles. The Labute approximate surface area is 132 Å². The number of ketones is 1. The summed E-state index contributed by atoms with van der Waals surface area (Å²) in [4.78, 5) is 14.7. The molecule has 1 fully saturated rings. The Balaban J connectivity index is 1.89. The first-order chi connectivity index (χ1) is 10.1. The van der Waals surface area contributed by atoms with E-state index in [4.69, 9.17) is 16.3 Å². The Hall–Kier alpha value is -1.06. The second kappa shape index (κ2) is 7.81. The molecule has 2 rings (SSSR count). The molecule has 0 bridgehead atoms. The predicted octanol–water partition coefficient (Wildman–Crippen LogP) is 4.04. The lowest BCUT2D eigenvalue weighted by Crippen LogP contribution is -2.35. The number of ether oxygens (including phenoxy) is 1. The van der Waals surface area contributed by atoms with Crippen molar-refractivity contribution in [3.8, 4) is 5.75 Å². The van der Waals surface area contributed by atoms with Crippen LogP contribution in [0.15, 0.2) is 18.2 Å². The van der Waals surface area contributed by atoms with E-state index >= 15 is 0 Å². The highest BCUT2D eigenvalue weighted by Gasteiger charge is 2.17. The lowest BCUT2D eigenvalue weighted by molar-refractivity contribution is 0.0949. The standard InChI is InChI=1S/C17H24ClNO2/c1-3-21-17-7-6-14(11-15(17)18)16(20)8-10-19-9-4-5-13(2)12-19/h6-7,11,13H,3-5,8-10,12H2,1-2H3. The van der Waals surface area contributed by atoms with Gasteiger partial charge in [-0.3, -0.25) is 4.79 Å². The quantitative estimate of drug-likeness (QED) is 0.743. The molecule has 0 radical (unpaired) electrons. The van der Waals surface area contributed by atoms with Crippen molar-refractivity contribution in [2.24, 2.45) is 5.92 Å². The van der Waals surface area contributed by atoms with Crippen LogP contribution in [-0.4, -0.2) is 36.9 Å². The first-order valence-electron chi connectivity index (χ1n) is 7.78. The number of Topliss-reactive ketones (excluding diaryl/α,β-unsaturated/α-hetero) is 1. The van der Waals surface area contributed by atoms with Gasteiger partial charge in [-0.2, -0.15) is 0 Å². The van der Waals surface area contributed by atoms with Gasteiger partial charge in [0.15, 0.2) is 5.78 Å². The maximum atomic E-state index is 12.3. The van der Waals surface area contributed by atoms with Crippen LogP contribution in [0.3, 0.4) is 0 Å². The first kappa shape index (κ1) is 16.3. The number of benzene rings is 1. The molecule has 4 heteroatoms. The van der Waals surface area contributed by atoms with Gasteiger partial charge in [0, 0.05) is 25.1 Å². The van der Waals surface area contributed by atoms with Gasteiger partial charge >= 0.3 is 0 Å². The second-order valence-electron chi connectivity index (χ2n) is 5.80. The van der Waals surface area contributed by atoms with E-state index in [0.717, 1.165) is 25.6 Å². The highest BCUT2D eigenvalue weighted by atomic mass is 35.5. The summed E-state index contributed by atoms with van der Waals surface area (Å²) in [5.74, 6) is 1.53. The van der Waals surface area contributed by atoms with E-state index in [2.05, 4.69) is 11.8 Å². The maximum Gasteiger partial charge on any atom is 0.164 e. The number of carbonyl (C=O) groups excluding carboxylic acids is 1. The molecule has 1 atom stereocenters. The Morgan fingerprint density at radius 3 is 2.95 bits per heavy atom. The van der Waals surface area contributed by atoms with Crippen molar-refractivity contribution < 1.29 is 9.53 Å². The molecule has 21 heavy (non-hydrogen) atoms. The topological polar surface area (TPSA) is 29.5 Å². The zero-order chi connectivity index (χ0) is 15.2. The highest BCUT2D eigenvalue weighted by molar-refractivity contribution is 6.32. The van der Waals surface area contributed by atoms with E-state index in [0.29, 0.717) is 29.4 Å². The number of halogens is 1. The van der Waals surface area contributed by atoms with E-state index < -0.39 is 0 Å². The second-order valence-corrected chi connectivity index (χ2v) is 6.21. The molecule has 0 aliphatic carbocycles. The average molecular weight is 310 g/mol. The van der Waals surface area contributed by atoms with Crippen LogP contribution in [0.5, 0.6) is 5.75 Å². The summed E-state index contributed by atoms with van der Waals surface area (Å²) in [5, 5.41) is 0.509. The molecule has 3 nitrogen and oxygen atoms in total. The monoisotopic (exact) mass is 309 g/mol. The van der Waals surface area contributed by atoms with Crippen LogP contribution in [0.1, 0.15) is 43.5 Å². The Kier molecular flexibility index (Phi) is 6.07. The van der Waals surface area contributed by atoms with E-state index in [9.17, 15) is 4.79 Å². The number of carbonyl (C=O) groups is 1. The fourth-order valence-electron chi connectivity index (χ4n) is 2.84. The lowest BCUT2D eigenvalue weighted by atomic mass is 9.99. The zero-order valence-electron chi connectivity index (χ0n) is 12.9. The molecule has 1 unspecified atom stereocenters. The summed E-state index contributed by atoms with van der Waals surface area (Å²) in [6.45, 7) is 7.82. The van der Waals surface area contributed by atoms with Crippen molar-refractivity contribution in [1.29, 1.82) is 0 Å². The van der Waals surface area contributed by atoms with Crippen LogP contribution in [0.25, 0.3) is 0 Å². The van der Waals surface area contributed by atoms with Crippen molar-refractivity contribution in [2.45, 2.75) is 33.1 Å². The van der Waals surface area contributed by atoms with Gasteiger partial charge in [-0.05, 0) is 50.4 Å². The van der Waals surface area contributed by atoms with Crippen LogP contribution < -0.4 is 4.74 Å². The molecule has 0 spiro atoms. The third-order valence-electron chi connectivity index (χ3n) is 3.95. The van der Waals surface area contributed by atoms with Crippen LogP contribution in [-0.2, 0) is 0 Å². The number of nitrogens with zero attached hydrogens (tertiary/aromatic N) is 1. The third-order valence-corrected chi connectivity index (χ3v) is 4.25.